The Hall–Kier alpha value is -2.72. The minimum atomic E-state index is -3.98. The van der Waals surface area contributed by atoms with Crippen LogP contribution in [0.2, 0.25) is 5.02 Å². The summed E-state index contributed by atoms with van der Waals surface area (Å²) in [5, 5.41) is 2.56. The lowest BCUT2D eigenvalue weighted by molar-refractivity contribution is -0.140. The molecule has 0 saturated carbocycles. The Labute approximate surface area is 210 Å². The third-order valence-corrected chi connectivity index (χ3v) is 6.95. The summed E-state index contributed by atoms with van der Waals surface area (Å²) in [6.45, 7) is 4.79. The summed E-state index contributed by atoms with van der Waals surface area (Å²) in [5.41, 5.74) is 0.566. The maximum atomic E-state index is 13.6. The Morgan fingerprint density at radius 2 is 1.69 bits per heavy atom. The molecule has 2 atom stereocenters. The van der Waals surface area contributed by atoms with Crippen LogP contribution >= 0.6 is 11.6 Å². The molecule has 0 spiro atoms. The number of nitrogens with one attached hydrogen (secondary N) is 1. The van der Waals surface area contributed by atoms with E-state index in [1.165, 1.54) is 35.2 Å². The predicted octanol–water partition coefficient (Wildman–Crippen LogP) is 4.11. The Morgan fingerprint density at radius 1 is 1.06 bits per heavy atom. The highest BCUT2D eigenvalue weighted by Crippen LogP contribution is 2.25. The third-order valence-electron chi connectivity index (χ3n) is 5.52. The summed E-state index contributed by atoms with van der Waals surface area (Å²) < 4.78 is 52.9. The first kappa shape index (κ1) is 28.5. The van der Waals surface area contributed by atoms with Crippen molar-refractivity contribution in [2.75, 3.05) is 17.1 Å². The van der Waals surface area contributed by atoms with E-state index in [2.05, 4.69) is 5.32 Å². The second-order valence-electron chi connectivity index (χ2n) is 8.26. The Balaban J connectivity index is 2.45. The van der Waals surface area contributed by atoms with E-state index >= 15 is 0 Å². The zero-order valence-electron chi connectivity index (χ0n) is 20.1. The molecule has 0 bridgehead atoms. The fraction of sp³-hybridized carbons (Fsp3) is 0.417. The van der Waals surface area contributed by atoms with Crippen LogP contribution in [0.5, 0.6) is 0 Å². The fourth-order valence-corrected chi connectivity index (χ4v) is 4.42. The van der Waals surface area contributed by atoms with Crippen LogP contribution < -0.4 is 9.62 Å². The smallest absolute Gasteiger partial charge is 0.244 e. The highest BCUT2D eigenvalue weighted by molar-refractivity contribution is 7.92. The molecule has 2 amide bonds. The molecule has 192 valence electrons. The molecular formula is C24H30ClF2N3O4S. The normalized spacial score (nSPS) is 13.1. The molecule has 2 rings (SSSR count). The number of halogens is 3. The Bertz CT molecular complexity index is 1150. The fourth-order valence-electron chi connectivity index (χ4n) is 3.40. The summed E-state index contributed by atoms with van der Waals surface area (Å²) in [6, 6.07) is 7.74. The van der Waals surface area contributed by atoms with Crippen molar-refractivity contribution in [3.63, 3.8) is 0 Å². The standard InChI is InChI=1S/C24H30ClF2N3O4S/c1-5-16(3)28-24(32)22(6-2)29(14-17-7-9-18(26)10-8-17)23(31)15-30(35(4,33)34)19-11-12-21(27)20(25)13-19/h7-13,16,22H,5-6,14-15H2,1-4H3,(H,28,32)/t16-,22+/m1/s1. The summed E-state index contributed by atoms with van der Waals surface area (Å²) in [4.78, 5) is 27.8. The van der Waals surface area contributed by atoms with Crippen molar-refractivity contribution in [2.45, 2.75) is 52.2 Å². The highest BCUT2D eigenvalue weighted by atomic mass is 35.5. The molecule has 35 heavy (non-hydrogen) atoms. The van der Waals surface area contributed by atoms with E-state index in [9.17, 15) is 26.8 Å². The number of rotatable bonds is 11. The van der Waals surface area contributed by atoms with Gasteiger partial charge >= 0.3 is 0 Å². The van der Waals surface area contributed by atoms with E-state index in [4.69, 9.17) is 11.6 Å². The molecule has 2 aromatic carbocycles. The number of carbonyl (C=O) groups is 2. The Kier molecular flexibility index (Phi) is 10.0. The number of hydrogen-bond acceptors (Lipinski definition) is 4. The summed E-state index contributed by atoms with van der Waals surface area (Å²) >= 11 is 5.83. The van der Waals surface area contributed by atoms with Gasteiger partial charge in [0.1, 0.15) is 24.2 Å². The molecule has 2 aromatic rings. The van der Waals surface area contributed by atoms with Crippen LogP contribution in [0.4, 0.5) is 14.5 Å². The molecule has 0 aliphatic heterocycles. The quantitative estimate of drug-likeness (QED) is 0.474. The van der Waals surface area contributed by atoms with E-state index in [1.807, 2.05) is 13.8 Å². The molecule has 11 heteroatoms. The number of sulfonamides is 1. The first-order valence-corrected chi connectivity index (χ1v) is 13.4. The van der Waals surface area contributed by atoms with Crippen LogP contribution in [0, 0.1) is 11.6 Å². The molecule has 0 aliphatic rings. The predicted molar refractivity (Wildman–Crippen MR) is 133 cm³/mol. The van der Waals surface area contributed by atoms with E-state index in [0.29, 0.717) is 12.0 Å². The molecule has 0 saturated heterocycles. The minimum absolute atomic E-state index is 0.00564. The van der Waals surface area contributed by atoms with Crippen LogP contribution in [0.25, 0.3) is 0 Å². The Morgan fingerprint density at radius 3 is 2.20 bits per heavy atom. The number of benzene rings is 2. The maximum Gasteiger partial charge on any atom is 0.244 e. The second-order valence-corrected chi connectivity index (χ2v) is 10.6. The molecule has 7 nitrogen and oxygen atoms in total. The molecule has 1 N–H and O–H groups in total. The highest BCUT2D eigenvalue weighted by Gasteiger charge is 2.32. The van der Waals surface area contributed by atoms with E-state index in [0.717, 1.165) is 22.7 Å². The molecule has 0 aliphatic carbocycles. The average molecular weight is 530 g/mol. The van der Waals surface area contributed by atoms with Crippen LogP contribution in [0.1, 0.15) is 39.2 Å². The first-order chi connectivity index (χ1) is 16.4. The van der Waals surface area contributed by atoms with E-state index < -0.39 is 40.2 Å². The molecule has 0 heterocycles. The van der Waals surface area contributed by atoms with Gasteiger partial charge in [0.2, 0.25) is 21.8 Å². The van der Waals surface area contributed by atoms with Gasteiger partial charge in [0.25, 0.3) is 0 Å². The summed E-state index contributed by atoms with van der Waals surface area (Å²) in [7, 11) is -3.98. The lowest BCUT2D eigenvalue weighted by Gasteiger charge is -2.33. The van der Waals surface area contributed by atoms with Gasteiger partial charge in [-0.2, -0.15) is 0 Å². The zero-order chi connectivity index (χ0) is 26.3. The third kappa shape index (κ3) is 7.90. The van der Waals surface area contributed by atoms with Crippen molar-refractivity contribution in [1.82, 2.24) is 10.2 Å². The lowest BCUT2D eigenvalue weighted by Crippen LogP contribution is -2.53. The van der Waals surface area contributed by atoms with E-state index in [1.54, 1.807) is 6.92 Å². The second kappa shape index (κ2) is 12.3. The SMILES string of the molecule is CC[C@@H](C)NC(=O)[C@H](CC)N(Cc1ccc(F)cc1)C(=O)CN(c1ccc(F)c(Cl)c1)S(C)(=O)=O. The van der Waals surface area contributed by atoms with Crippen molar-refractivity contribution in [1.29, 1.82) is 0 Å². The summed E-state index contributed by atoms with van der Waals surface area (Å²) in [5.74, 6) is -2.23. The average Bonchev–Trinajstić information content (AvgIpc) is 2.79. The maximum absolute atomic E-state index is 13.6. The van der Waals surface area contributed by atoms with Gasteiger partial charge in [0.05, 0.1) is 17.0 Å². The van der Waals surface area contributed by atoms with Gasteiger partial charge < -0.3 is 10.2 Å². The van der Waals surface area contributed by atoms with Crippen LogP contribution in [-0.4, -0.2) is 50.0 Å². The number of carbonyl (C=O) groups excluding carboxylic acids is 2. The van der Waals surface area contributed by atoms with Crippen LogP contribution in [0.3, 0.4) is 0 Å². The van der Waals surface area contributed by atoms with Gasteiger partial charge in [-0.05, 0) is 55.7 Å². The van der Waals surface area contributed by atoms with Crippen molar-refractivity contribution in [3.05, 3.63) is 64.7 Å². The number of amides is 2. The van der Waals surface area contributed by atoms with Crippen LogP contribution in [-0.2, 0) is 26.2 Å². The molecule has 0 unspecified atom stereocenters. The minimum Gasteiger partial charge on any atom is -0.352 e. The van der Waals surface area contributed by atoms with Crippen molar-refractivity contribution < 1.29 is 26.8 Å². The summed E-state index contributed by atoms with van der Waals surface area (Å²) in [6.07, 6.45) is 1.85. The van der Waals surface area contributed by atoms with Crippen molar-refractivity contribution in [2.24, 2.45) is 0 Å². The van der Waals surface area contributed by atoms with Gasteiger partial charge in [-0.15, -0.1) is 0 Å². The first-order valence-electron chi connectivity index (χ1n) is 11.1. The van der Waals surface area contributed by atoms with Gasteiger partial charge in [-0.1, -0.05) is 37.6 Å². The zero-order valence-corrected chi connectivity index (χ0v) is 21.7. The van der Waals surface area contributed by atoms with Gasteiger partial charge in [-0.3, -0.25) is 13.9 Å². The van der Waals surface area contributed by atoms with Crippen molar-refractivity contribution >= 4 is 39.1 Å². The van der Waals surface area contributed by atoms with Crippen molar-refractivity contribution in [3.8, 4) is 0 Å². The number of anilines is 1. The van der Waals surface area contributed by atoms with Gasteiger partial charge in [-0.25, -0.2) is 17.2 Å². The monoisotopic (exact) mass is 529 g/mol. The molecule has 0 fully saturated rings. The topological polar surface area (TPSA) is 86.8 Å². The lowest BCUT2D eigenvalue weighted by atomic mass is 10.1. The van der Waals surface area contributed by atoms with Gasteiger partial charge in [0.15, 0.2) is 0 Å². The molecule has 0 radical (unpaired) electrons. The van der Waals surface area contributed by atoms with Gasteiger partial charge in [0, 0.05) is 12.6 Å². The van der Waals surface area contributed by atoms with Crippen LogP contribution in [0.15, 0.2) is 42.5 Å². The molecule has 0 aromatic heterocycles. The van der Waals surface area contributed by atoms with E-state index in [-0.39, 0.29) is 35.6 Å². The largest absolute Gasteiger partial charge is 0.352 e. The number of nitrogens with zero attached hydrogens (tertiary/aromatic N) is 2. The molecular weight excluding hydrogens is 500 g/mol. The number of hydrogen-bond donors (Lipinski definition) is 1.